The van der Waals surface area contributed by atoms with Gasteiger partial charge in [-0.2, -0.15) is 0 Å². The molecule has 1 amide bonds. The first-order chi connectivity index (χ1) is 7.15. The second kappa shape index (κ2) is 4.23. The summed E-state index contributed by atoms with van der Waals surface area (Å²) >= 11 is 0. The maximum Gasteiger partial charge on any atom is 0.411 e. The van der Waals surface area contributed by atoms with E-state index in [2.05, 4.69) is 11.9 Å². The van der Waals surface area contributed by atoms with Crippen molar-refractivity contribution in [3.8, 4) is 0 Å². The van der Waals surface area contributed by atoms with Crippen LogP contribution in [-0.4, -0.2) is 24.9 Å². The minimum absolute atomic E-state index is 0.402. The lowest BCUT2D eigenvalue weighted by molar-refractivity contribution is 0.120. The molecule has 3 atom stereocenters. The van der Waals surface area contributed by atoms with E-state index in [9.17, 15) is 4.79 Å². The van der Waals surface area contributed by atoms with Crippen LogP contribution in [0, 0.1) is 5.92 Å². The highest BCUT2D eigenvalue weighted by atomic mass is 16.6. The summed E-state index contributed by atoms with van der Waals surface area (Å²) in [4.78, 5) is 11.2. The lowest BCUT2D eigenvalue weighted by Gasteiger charge is -2.18. The van der Waals surface area contributed by atoms with Gasteiger partial charge in [-0.3, -0.25) is 5.32 Å². The quantitative estimate of drug-likeness (QED) is 0.724. The molecule has 0 bridgehead atoms. The van der Waals surface area contributed by atoms with Crippen LogP contribution >= 0.6 is 0 Å². The summed E-state index contributed by atoms with van der Waals surface area (Å²) in [5, 5.41) is 2.52. The van der Waals surface area contributed by atoms with Crippen LogP contribution in [0.4, 0.5) is 4.79 Å². The summed E-state index contributed by atoms with van der Waals surface area (Å²) in [5.74, 6) is 0.463. The molecule has 15 heavy (non-hydrogen) atoms. The van der Waals surface area contributed by atoms with E-state index in [0.717, 1.165) is 19.3 Å². The summed E-state index contributed by atoms with van der Waals surface area (Å²) in [6, 6.07) is 0. The largest absolute Gasteiger partial charge is 0.449 e. The van der Waals surface area contributed by atoms with Gasteiger partial charge in [0.25, 0.3) is 0 Å². The number of rotatable bonds is 3. The predicted molar refractivity (Wildman–Crippen MR) is 55.3 cm³/mol. The Morgan fingerprint density at radius 1 is 1.53 bits per heavy atom. The molecule has 1 aliphatic heterocycles. The smallest absolute Gasteiger partial charge is 0.411 e. The van der Waals surface area contributed by atoms with Crippen molar-refractivity contribution in [1.29, 1.82) is 0 Å². The minimum Gasteiger partial charge on any atom is -0.449 e. The maximum absolute atomic E-state index is 11.2. The molecule has 4 heteroatoms. The number of fused-ring (bicyclic) bond motifs is 1. The van der Waals surface area contributed by atoms with Crippen LogP contribution < -0.4 is 5.32 Å². The highest BCUT2D eigenvalue weighted by Gasteiger charge is 2.43. The highest BCUT2D eigenvalue weighted by Crippen LogP contribution is 2.39. The van der Waals surface area contributed by atoms with Crippen LogP contribution in [0.5, 0.6) is 0 Å². The van der Waals surface area contributed by atoms with E-state index < -0.39 is 6.09 Å². The fourth-order valence-electron chi connectivity index (χ4n) is 2.04. The molecule has 4 nitrogen and oxygen atoms in total. The summed E-state index contributed by atoms with van der Waals surface area (Å²) in [7, 11) is 0. The number of hydrogen-bond donors (Lipinski definition) is 1. The molecule has 1 heterocycles. The number of allylic oxidation sites excluding steroid dienone is 1. The van der Waals surface area contributed by atoms with Crippen LogP contribution in [-0.2, 0) is 9.47 Å². The Morgan fingerprint density at radius 2 is 2.33 bits per heavy atom. The Balaban J connectivity index is 1.64. The SMILES string of the molecule is C=C(C)NC(=O)OCC1CCC2OC2C1. The van der Waals surface area contributed by atoms with Crippen LogP contribution in [0.1, 0.15) is 26.2 Å². The van der Waals surface area contributed by atoms with Crippen molar-refractivity contribution in [3.63, 3.8) is 0 Å². The number of alkyl carbamates (subject to hydrolysis) is 1. The molecule has 2 aliphatic rings. The van der Waals surface area contributed by atoms with E-state index >= 15 is 0 Å². The lowest BCUT2D eigenvalue weighted by Crippen LogP contribution is -2.26. The molecule has 2 fully saturated rings. The van der Waals surface area contributed by atoms with Gasteiger partial charge in [-0.05, 0) is 32.1 Å². The fourth-order valence-corrected chi connectivity index (χ4v) is 2.04. The zero-order chi connectivity index (χ0) is 10.8. The highest BCUT2D eigenvalue weighted by molar-refractivity contribution is 5.69. The monoisotopic (exact) mass is 211 g/mol. The Kier molecular flexibility index (Phi) is 2.95. The molecule has 1 saturated heterocycles. The number of nitrogens with one attached hydrogen (secondary N) is 1. The van der Waals surface area contributed by atoms with Gasteiger partial charge in [-0.25, -0.2) is 4.79 Å². The van der Waals surface area contributed by atoms with E-state index in [-0.39, 0.29) is 0 Å². The molecule has 84 valence electrons. The molecule has 0 spiro atoms. The molecule has 1 saturated carbocycles. The molecule has 2 rings (SSSR count). The van der Waals surface area contributed by atoms with Gasteiger partial charge in [0.1, 0.15) is 0 Å². The van der Waals surface area contributed by atoms with E-state index in [1.54, 1.807) is 6.92 Å². The van der Waals surface area contributed by atoms with Crippen LogP contribution in [0.3, 0.4) is 0 Å². The first-order valence-electron chi connectivity index (χ1n) is 5.40. The summed E-state index contributed by atoms with van der Waals surface area (Å²) < 4.78 is 10.5. The zero-order valence-electron chi connectivity index (χ0n) is 8.99. The number of amides is 1. The minimum atomic E-state index is -0.402. The molecule has 3 unspecified atom stereocenters. The van der Waals surface area contributed by atoms with Crippen molar-refractivity contribution in [2.45, 2.75) is 38.4 Å². The van der Waals surface area contributed by atoms with Gasteiger partial charge >= 0.3 is 6.09 Å². The van der Waals surface area contributed by atoms with Crippen molar-refractivity contribution in [2.24, 2.45) is 5.92 Å². The number of carbonyl (C=O) groups is 1. The van der Waals surface area contributed by atoms with Crippen molar-refractivity contribution in [2.75, 3.05) is 6.61 Å². The van der Waals surface area contributed by atoms with E-state index in [4.69, 9.17) is 9.47 Å². The third-order valence-electron chi connectivity index (χ3n) is 2.88. The van der Waals surface area contributed by atoms with Crippen LogP contribution in [0.15, 0.2) is 12.3 Å². The van der Waals surface area contributed by atoms with Gasteiger partial charge in [0.2, 0.25) is 0 Å². The van der Waals surface area contributed by atoms with Gasteiger partial charge < -0.3 is 9.47 Å². The number of ether oxygens (including phenoxy) is 2. The lowest BCUT2D eigenvalue weighted by atomic mass is 9.90. The zero-order valence-corrected chi connectivity index (χ0v) is 8.99. The van der Waals surface area contributed by atoms with E-state index in [1.807, 2.05) is 0 Å². The molecule has 1 N–H and O–H groups in total. The van der Waals surface area contributed by atoms with Gasteiger partial charge in [0, 0.05) is 5.70 Å². The van der Waals surface area contributed by atoms with Gasteiger partial charge in [-0.1, -0.05) is 6.58 Å². The average Bonchev–Trinajstić information content (AvgIpc) is 2.91. The summed E-state index contributed by atoms with van der Waals surface area (Å²) in [6.07, 6.45) is 3.79. The molecule has 0 aromatic carbocycles. The molecule has 1 aliphatic carbocycles. The topological polar surface area (TPSA) is 50.9 Å². The number of hydrogen-bond acceptors (Lipinski definition) is 3. The average molecular weight is 211 g/mol. The van der Waals surface area contributed by atoms with Crippen molar-refractivity contribution in [3.05, 3.63) is 12.3 Å². The Bertz CT molecular complexity index is 277. The second-order valence-corrected chi connectivity index (χ2v) is 4.40. The third-order valence-corrected chi connectivity index (χ3v) is 2.88. The molecule has 0 radical (unpaired) electrons. The predicted octanol–water partition coefficient (Wildman–Crippen LogP) is 1.81. The first-order valence-corrected chi connectivity index (χ1v) is 5.40. The number of epoxide rings is 1. The third kappa shape index (κ3) is 2.96. The van der Waals surface area contributed by atoms with Crippen molar-refractivity contribution >= 4 is 6.09 Å². The molecule has 0 aromatic heterocycles. The van der Waals surface area contributed by atoms with E-state index in [1.165, 1.54) is 0 Å². The van der Waals surface area contributed by atoms with Crippen LogP contribution in [0.2, 0.25) is 0 Å². The van der Waals surface area contributed by atoms with Gasteiger partial charge in [0.05, 0.1) is 18.8 Å². The van der Waals surface area contributed by atoms with Gasteiger partial charge in [0.15, 0.2) is 0 Å². The maximum atomic E-state index is 11.2. The molecule has 0 aromatic rings. The summed E-state index contributed by atoms with van der Waals surface area (Å²) in [6.45, 7) is 5.80. The normalized spacial score (nSPS) is 32.7. The number of carbonyl (C=O) groups excluding carboxylic acids is 1. The molecular formula is C11H17NO3. The van der Waals surface area contributed by atoms with Gasteiger partial charge in [-0.15, -0.1) is 0 Å². The van der Waals surface area contributed by atoms with Crippen molar-refractivity contribution in [1.82, 2.24) is 5.32 Å². The first kappa shape index (κ1) is 10.5. The Labute approximate surface area is 89.6 Å². The summed E-state index contributed by atoms with van der Waals surface area (Å²) in [5.41, 5.74) is 0.606. The Morgan fingerprint density at radius 3 is 3.00 bits per heavy atom. The Hall–Kier alpha value is -1.03. The van der Waals surface area contributed by atoms with E-state index in [0.29, 0.717) is 30.4 Å². The standard InChI is InChI=1S/C11H17NO3/c1-7(2)12-11(13)14-6-8-3-4-9-10(5-8)15-9/h8-10H,1,3-6H2,2H3,(H,12,13). The fraction of sp³-hybridized carbons (Fsp3) is 0.727. The van der Waals surface area contributed by atoms with Crippen LogP contribution in [0.25, 0.3) is 0 Å². The van der Waals surface area contributed by atoms with Crippen molar-refractivity contribution < 1.29 is 14.3 Å². The second-order valence-electron chi connectivity index (χ2n) is 4.40. The molecular weight excluding hydrogens is 194 g/mol.